The van der Waals surface area contributed by atoms with Gasteiger partial charge in [-0.1, -0.05) is 23.7 Å². The zero-order valence-electron chi connectivity index (χ0n) is 12.1. The minimum absolute atomic E-state index is 0.114. The Morgan fingerprint density at radius 1 is 1.35 bits per heavy atom. The van der Waals surface area contributed by atoms with Gasteiger partial charge in [0.25, 0.3) is 0 Å². The van der Waals surface area contributed by atoms with Crippen molar-refractivity contribution in [1.82, 2.24) is 9.29 Å². The number of rotatable bonds is 5. The quantitative estimate of drug-likeness (QED) is 0.828. The van der Waals surface area contributed by atoms with Gasteiger partial charge in [-0.15, -0.1) is 0 Å². The van der Waals surface area contributed by atoms with Gasteiger partial charge in [-0.3, -0.25) is 4.98 Å². The molecule has 0 saturated carbocycles. The number of hydrogen-bond donors (Lipinski definition) is 0. The molecule has 1 atom stereocenters. The monoisotopic (exact) mass is 353 g/mol. The van der Waals surface area contributed by atoms with E-state index in [1.165, 1.54) is 19.3 Å². The molecular formula is C15H13ClFN3O2S. The molecule has 0 saturated heterocycles. The lowest BCUT2D eigenvalue weighted by molar-refractivity contribution is 0.299. The van der Waals surface area contributed by atoms with E-state index in [0.717, 1.165) is 10.5 Å². The molecule has 5 nitrogen and oxygen atoms in total. The summed E-state index contributed by atoms with van der Waals surface area (Å²) in [6.07, 6.45) is 2.38. The molecule has 0 aliphatic carbocycles. The summed E-state index contributed by atoms with van der Waals surface area (Å²) >= 11 is 5.79. The number of alkyl halides is 1. The van der Waals surface area contributed by atoms with Crippen molar-refractivity contribution in [2.75, 3.05) is 13.7 Å². The molecule has 0 N–H and O–H groups in total. The Balaban J connectivity index is 2.41. The summed E-state index contributed by atoms with van der Waals surface area (Å²) in [5.74, 6) is 0. The van der Waals surface area contributed by atoms with Crippen molar-refractivity contribution < 1.29 is 12.8 Å². The number of sulfonamides is 1. The van der Waals surface area contributed by atoms with Crippen LogP contribution in [0.2, 0.25) is 5.02 Å². The summed E-state index contributed by atoms with van der Waals surface area (Å²) in [6, 6.07) is 8.31. The first-order valence-electron chi connectivity index (χ1n) is 6.54. The van der Waals surface area contributed by atoms with E-state index in [1.54, 1.807) is 24.3 Å². The molecular weight excluding hydrogens is 341 g/mol. The van der Waals surface area contributed by atoms with Gasteiger partial charge in [0.1, 0.15) is 17.6 Å². The number of benzene rings is 1. The van der Waals surface area contributed by atoms with Crippen LogP contribution in [0.25, 0.3) is 0 Å². The summed E-state index contributed by atoms with van der Waals surface area (Å²) in [6.45, 7) is -0.900. The maximum atomic E-state index is 13.5. The Kier molecular flexibility index (Phi) is 5.31. The van der Waals surface area contributed by atoms with Crippen LogP contribution in [0.4, 0.5) is 4.39 Å². The predicted molar refractivity (Wildman–Crippen MR) is 84.1 cm³/mol. The second-order valence-electron chi connectivity index (χ2n) is 4.76. The maximum Gasteiger partial charge on any atom is 0.245 e. The van der Waals surface area contributed by atoms with Crippen LogP contribution in [0.3, 0.4) is 0 Å². The Morgan fingerprint density at radius 3 is 2.57 bits per heavy atom. The van der Waals surface area contributed by atoms with Gasteiger partial charge in [0.15, 0.2) is 0 Å². The predicted octanol–water partition coefficient (Wildman–Crippen LogP) is 2.94. The van der Waals surface area contributed by atoms with Crippen molar-refractivity contribution in [1.29, 1.82) is 5.26 Å². The highest BCUT2D eigenvalue weighted by Crippen LogP contribution is 2.27. The van der Waals surface area contributed by atoms with E-state index in [9.17, 15) is 12.8 Å². The zero-order valence-corrected chi connectivity index (χ0v) is 13.7. The van der Waals surface area contributed by atoms with Gasteiger partial charge in [0.05, 0.1) is 11.6 Å². The molecule has 2 aromatic rings. The van der Waals surface area contributed by atoms with Crippen LogP contribution in [0, 0.1) is 11.3 Å². The lowest BCUT2D eigenvalue weighted by Crippen LogP contribution is -2.32. The molecule has 0 spiro atoms. The Bertz CT molecular complexity index is 835. The molecule has 0 unspecified atom stereocenters. The van der Waals surface area contributed by atoms with Crippen LogP contribution in [0.15, 0.2) is 47.6 Å². The van der Waals surface area contributed by atoms with Crippen LogP contribution in [0.1, 0.15) is 17.2 Å². The number of aromatic nitrogens is 1. The SMILES string of the molecule is CN([C@@H](CF)c1ccc(Cl)cc1)S(=O)(=O)c1cncc(C#N)c1. The van der Waals surface area contributed by atoms with Gasteiger partial charge in [-0.05, 0) is 23.8 Å². The van der Waals surface area contributed by atoms with Gasteiger partial charge in [-0.25, -0.2) is 12.8 Å². The second kappa shape index (κ2) is 7.04. The molecule has 8 heteroatoms. The molecule has 0 fully saturated rings. The lowest BCUT2D eigenvalue weighted by atomic mass is 10.1. The molecule has 23 heavy (non-hydrogen) atoms. The number of pyridine rings is 1. The largest absolute Gasteiger partial charge is 0.262 e. The second-order valence-corrected chi connectivity index (χ2v) is 7.20. The highest BCUT2D eigenvalue weighted by molar-refractivity contribution is 7.89. The summed E-state index contributed by atoms with van der Waals surface area (Å²) in [5, 5.41) is 9.33. The Morgan fingerprint density at radius 2 is 2.00 bits per heavy atom. The van der Waals surface area contributed by atoms with Crippen molar-refractivity contribution in [3.8, 4) is 6.07 Å². The standard InChI is InChI=1S/C15H13ClFN3O2S/c1-20(15(7-17)12-2-4-13(16)5-3-12)23(21,22)14-6-11(8-18)9-19-10-14/h2-6,9-10,15H,7H2,1H3/t15-/m0/s1. The molecule has 1 aromatic carbocycles. The van der Waals surface area contributed by atoms with E-state index < -0.39 is 22.7 Å². The van der Waals surface area contributed by atoms with Crippen molar-refractivity contribution in [3.63, 3.8) is 0 Å². The molecule has 0 amide bonds. The first-order chi connectivity index (χ1) is 10.9. The van der Waals surface area contributed by atoms with Gasteiger partial charge in [0.2, 0.25) is 10.0 Å². The molecule has 1 heterocycles. The highest BCUT2D eigenvalue weighted by Gasteiger charge is 2.29. The first kappa shape index (κ1) is 17.3. The zero-order chi connectivity index (χ0) is 17.0. The average Bonchev–Trinajstić information content (AvgIpc) is 2.57. The fraction of sp³-hybridized carbons (Fsp3) is 0.200. The third kappa shape index (κ3) is 3.67. The normalized spacial score (nSPS) is 12.8. The fourth-order valence-electron chi connectivity index (χ4n) is 2.04. The summed E-state index contributed by atoms with van der Waals surface area (Å²) < 4.78 is 39.7. The van der Waals surface area contributed by atoms with E-state index >= 15 is 0 Å². The Labute approximate surface area is 139 Å². The summed E-state index contributed by atoms with van der Waals surface area (Å²) in [5.41, 5.74) is 0.593. The van der Waals surface area contributed by atoms with Gasteiger partial charge in [0, 0.05) is 24.5 Å². The highest BCUT2D eigenvalue weighted by atomic mass is 35.5. The minimum atomic E-state index is -3.99. The van der Waals surface area contributed by atoms with Crippen molar-refractivity contribution in [3.05, 3.63) is 58.9 Å². The van der Waals surface area contributed by atoms with E-state index in [-0.39, 0.29) is 10.5 Å². The van der Waals surface area contributed by atoms with Crippen LogP contribution in [0.5, 0.6) is 0 Å². The van der Waals surface area contributed by atoms with Crippen molar-refractivity contribution in [2.24, 2.45) is 0 Å². The average molecular weight is 354 g/mol. The smallest absolute Gasteiger partial charge is 0.245 e. The van der Waals surface area contributed by atoms with E-state index in [0.29, 0.717) is 10.6 Å². The van der Waals surface area contributed by atoms with Crippen molar-refractivity contribution in [2.45, 2.75) is 10.9 Å². The molecule has 0 radical (unpaired) electrons. The minimum Gasteiger partial charge on any atom is -0.262 e. The van der Waals surface area contributed by atoms with Crippen molar-refractivity contribution >= 4 is 21.6 Å². The number of nitrogens with zero attached hydrogens (tertiary/aromatic N) is 3. The summed E-state index contributed by atoms with van der Waals surface area (Å²) in [4.78, 5) is 3.57. The van der Waals surface area contributed by atoms with Gasteiger partial charge >= 0.3 is 0 Å². The van der Waals surface area contributed by atoms with E-state index in [4.69, 9.17) is 16.9 Å². The van der Waals surface area contributed by atoms with Gasteiger partial charge < -0.3 is 0 Å². The third-order valence-corrected chi connectivity index (χ3v) is 5.44. The molecule has 2 rings (SSSR count). The number of nitriles is 1. The van der Waals surface area contributed by atoms with E-state index in [1.807, 2.05) is 6.07 Å². The third-order valence-electron chi connectivity index (χ3n) is 3.36. The van der Waals surface area contributed by atoms with Crippen LogP contribution in [-0.2, 0) is 10.0 Å². The molecule has 0 bridgehead atoms. The molecule has 120 valence electrons. The summed E-state index contributed by atoms with van der Waals surface area (Å²) in [7, 11) is -2.71. The number of halogens is 2. The van der Waals surface area contributed by atoms with E-state index in [2.05, 4.69) is 4.98 Å². The molecule has 0 aliphatic heterocycles. The van der Waals surface area contributed by atoms with Crippen LogP contribution in [-0.4, -0.2) is 31.4 Å². The van der Waals surface area contributed by atoms with Gasteiger partial charge in [-0.2, -0.15) is 9.57 Å². The lowest BCUT2D eigenvalue weighted by Gasteiger charge is -2.25. The topological polar surface area (TPSA) is 74.1 Å². The molecule has 1 aromatic heterocycles. The Hall–Kier alpha value is -2.01. The van der Waals surface area contributed by atoms with Crippen LogP contribution >= 0.6 is 11.6 Å². The number of hydrogen-bond acceptors (Lipinski definition) is 4. The first-order valence-corrected chi connectivity index (χ1v) is 8.36. The fourth-order valence-corrected chi connectivity index (χ4v) is 3.48. The van der Waals surface area contributed by atoms with Crippen LogP contribution < -0.4 is 0 Å². The molecule has 0 aliphatic rings. The maximum absolute atomic E-state index is 13.5.